The maximum atomic E-state index is 8.67. The number of rotatable bonds is 0. The van der Waals surface area contributed by atoms with Crippen LogP contribution in [0.5, 0.6) is 0 Å². The van der Waals surface area contributed by atoms with E-state index in [2.05, 4.69) is 0 Å². The van der Waals surface area contributed by atoms with E-state index in [0.717, 1.165) is 0 Å². The first-order valence-corrected chi connectivity index (χ1v) is 1.88. The van der Waals surface area contributed by atoms with Gasteiger partial charge in [0, 0.05) is 29.6 Å². The zero-order chi connectivity index (χ0) is 5.58. The quantitative estimate of drug-likeness (QED) is 0.334. The number of carbonyl (C=O) groups is 1. The monoisotopic (exact) mass is 135 g/mol. The molecule has 7 heavy (non-hydrogen) atoms. The summed E-state index contributed by atoms with van der Waals surface area (Å²) in [5.41, 5.74) is 0. The van der Waals surface area contributed by atoms with E-state index in [-0.39, 0.29) is 29.6 Å². The van der Waals surface area contributed by atoms with Crippen molar-refractivity contribution in [3.63, 3.8) is 0 Å². The molecule has 6 heteroatoms. The van der Waals surface area contributed by atoms with Crippen molar-refractivity contribution in [3.05, 3.63) is 0 Å². The van der Waals surface area contributed by atoms with Gasteiger partial charge in [-0.2, -0.15) is 4.21 Å². The predicted molar refractivity (Wildman–Crippen MR) is 26.3 cm³/mol. The number of carbonyl (C=O) groups excluding carboxylic acids is 1. The molecule has 0 atom stereocenters. The minimum absolute atomic E-state index is 0. The van der Waals surface area contributed by atoms with Crippen molar-refractivity contribution in [3.8, 4) is 0 Å². The van der Waals surface area contributed by atoms with Crippen LogP contribution in [0.15, 0.2) is 0 Å². The molecule has 0 saturated carbocycles. The van der Waals surface area contributed by atoms with E-state index in [4.69, 9.17) is 18.1 Å². The molecule has 0 aromatic carbocycles. The number of hydrogen-bond acceptors (Lipinski definition) is 2. The molecule has 1 radical (unpaired) electrons. The summed E-state index contributed by atoms with van der Waals surface area (Å²) >= 11 is -2.61. The van der Waals surface area contributed by atoms with E-state index in [1.165, 1.54) is 0 Å². The van der Waals surface area contributed by atoms with Gasteiger partial charge in [-0.1, -0.05) is 0 Å². The molecule has 0 bridgehead atoms. The average molecular weight is 135 g/mol. The molecule has 4 nitrogen and oxygen atoms in total. The Morgan fingerprint density at radius 3 is 1.29 bits per heavy atom. The zero-order valence-corrected chi connectivity index (χ0v) is 6.64. The van der Waals surface area contributed by atoms with E-state index in [9.17, 15) is 0 Å². The van der Waals surface area contributed by atoms with Crippen LogP contribution in [0.3, 0.4) is 0 Å². The molecule has 0 aliphatic rings. The summed E-state index contributed by atoms with van der Waals surface area (Å²) in [4.78, 5) is 8.00. The van der Waals surface area contributed by atoms with Crippen LogP contribution < -0.4 is 0 Å². The first kappa shape index (κ1) is 15.6. The van der Waals surface area contributed by atoms with E-state index in [1.54, 1.807) is 0 Å². The fourth-order valence-electron chi connectivity index (χ4n) is 0. The van der Waals surface area contributed by atoms with Gasteiger partial charge < -0.3 is 4.79 Å². The van der Waals surface area contributed by atoms with Crippen LogP contribution in [0.4, 0.5) is 0 Å². The van der Waals surface area contributed by atoms with E-state index < -0.39 is 11.4 Å². The third-order valence-corrected chi connectivity index (χ3v) is 0. The summed E-state index contributed by atoms with van der Waals surface area (Å²) in [5.74, 6) is 0. The van der Waals surface area contributed by atoms with Crippen molar-refractivity contribution in [1.29, 1.82) is 0 Å². The summed E-state index contributed by atoms with van der Waals surface area (Å²) in [6.45, 7) is 2.00. The molecule has 0 unspecified atom stereocenters. The van der Waals surface area contributed by atoms with Crippen LogP contribution >= 0.6 is 0 Å². The van der Waals surface area contributed by atoms with Gasteiger partial charge in [0.2, 0.25) is 0 Å². The molecule has 0 aromatic heterocycles. The molecule has 0 aliphatic carbocycles. The van der Waals surface area contributed by atoms with Gasteiger partial charge in [0.1, 0.15) is 6.79 Å². The van der Waals surface area contributed by atoms with Crippen LogP contribution in [0.1, 0.15) is 0 Å². The molecular weight excluding hydrogens is 131 g/mol. The second-order valence-electron chi connectivity index (χ2n) is 0.231. The summed E-state index contributed by atoms with van der Waals surface area (Å²) < 4.78 is 22.8. The Hall–Kier alpha value is 0.740. The molecule has 0 fully saturated rings. The van der Waals surface area contributed by atoms with Crippen molar-refractivity contribution >= 4 is 47.7 Å². The predicted octanol–water partition coefficient (Wildman–Crippen LogP) is -0.885. The van der Waals surface area contributed by atoms with Crippen molar-refractivity contribution in [2.45, 2.75) is 0 Å². The normalized spacial score (nSPS) is 5.57. The molecule has 39 valence electrons. The van der Waals surface area contributed by atoms with Gasteiger partial charge in [-0.3, -0.25) is 9.11 Å². The Morgan fingerprint density at radius 2 is 1.29 bits per heavy atom. The Bertz CT molecular complexity index is 43.0. The maximum absolute atomic E-state index is 8.67. The van der Waals surface area contributed by atoms with E-state index >= 15 is 0 Å². The van der Waals surface area contributed by atoms with Gasteiger partial charge in [0.15, 0.2) is 0 Å². The largest absolute Gasteiger partial charge is 0.307 e. The Labute approximate surface area is 65.7 Å². The minimum Gasteiger partial charge on any atom is -0.307 e. The Morgan fingerprint density at radius 1 is 1.29 bits per heavy atom. The molecular formula is CH4NaO4S. The Balaban J connectivity index is -0.0000000480. The molecule has 0 amide bonds. The average Bonchev–Trinajstić information content (AvgIpc) is 1.41. The number of hydrogen-bond donors (Lipinski definition) is 2. The van der Waals surface area contributed by atoms with Gasteiger partial charge in [0.25, 0.3) is 11.4 Å². The molecule has 0 saturated heterocycles. The molecule has 0 heterocycles. The molecule has 0 aromatic rings. The topological polar surface area (TPSA) is 74.6 Å². The van der Waals surface area contributed by atoms with Gasteiger partial charge in [-0.15, -0.1) is 0 Å². The minimum atomic E-state index is -2.61. The van der Waals surface area contributed by atoms with Crippen molar-refractivity contribution in [2.75, 3.05) is 0 Å². The first-order valence-electron chi connectivity index (χ1n) is 0.820. The maximum Gasteiger partial charge on any atom is 0.299 e. The van der Waals surface area contributed by atoms with E-state index in [1.807, 2.05) is 6.79 Å². The first-order chi connectivity index (χ1) is 2.73. The zero-order valence-electron chi connectivity index (χ0n) is 3.83. The van der Waals surface area contributed by atoms with Gasteiger partial charge in [-0.25, -0.2) is 0 Å². The van der Waals surface area contributed by atoms with Crippen LogP contribution in [0, 0.1) is 0 Å². The fraction of sp³-hybridized carbons (Fsp3) is 0. The smallest absolute Gasteiger partial charge is 0.299 e. The summed E-state index contributed by atoms with van der Waals surface area (Å²) in [6, 6.07) is 0. The summed E-state index contributed by atoms with van der Waals surface area (Å²) in [6.07, 6.45) is 0. The molecule has 0 aliphatic heterocycles. The van der Waals surface area contributed by atoms with Crippen LogP contribution in [0.2, 0.25) is 0 Å². The van der Waals surface area contributed by atoms with E-state index in [0.29, 0.717) is 0 Å². The second kappa shape index (κ2) is 15.9. The molecule has 0 spiro atoms. The summed E-state index contributed by atoms with van der Waals surface area (Å²) in [5, 5.41) is 0. The van der Waals surface area contributed by atoms with Crippen LogP contribution in [-0.2, 0) is 16.2 Å². The SMILES string of the molecule is C=O.O=S(O)O.[Na]. The van der Waals surface area contributed by atoms with Crippen LogP contribution in [0.25, 0.3) is 0 Å². The van der Waals surface area contributed by atoms with Crippen LogP contribution in [-0.4, -0.2) is 49.7 Å². The Kier molecular flexibility index (Phi) is 35.5. The third kappa shape index (κ3) is 277. The molecule has 0 rings (SSSR count). The standard InChI is InChI=1S/CH2O.Na.H2O3S/c1-2;;1-4(2)3/h1H2;;(H2,1,2,3). The molecule has 2 N–H and O–H groups in total. The van der Waals surface area contributed by atoms with Crippen molar-refractivity contribution in [1.82, 2.24) is 0 Å². The summed E-state index contributed by atoms with van der Waals surface area (Å²) in [7, 11) is 0. The van der Waals surface area contributed by atoms with Gasteiger partial charge >= 0.3 is 0 Å². The fourth-order valence-corrected chi connectivity index (χ4v) is 0. The second-order valence-corrected chi connectivity index (χ2v) is 0.692. The van der Waals surface area contributed by atoms with Gasteiger partial charge in [-0.05, 0) is 0 Å². The third-order valence-electron chi connectivity index (χ3n) is 0. The van der Waals surface area contributed by atoms with Crippen molar-refractivity contribution in [2.24, 2.45) is 0 Å². The van der Waals surface area contributed by atoms with Crippen molar-refractivity contribution < 1.29 is 18.1 Å². The van der Waals surface area contributed by atoms with Gasteiger partial charge in [0.05, 0.1) is 0 Å².